The first-order valence-electron chi connectivity index (χ1n) is 11.6. The second kappa shape index (κ2) is 10.3. The quantitative estimate of drug-likeness (QED) is 0.409. The first-order chi connectivity index (χ1) is 17.5. The Kier molecular flexibility index (Phi) is 6.84. The number of nitrogens with zero attached hydrogens (tertiary/aromatic N) is 5. The zero-order valence-electron chi connectivity index (χ0n) is 19.7. The van der Waals surface area contributed by atoms with Crippen LogP contribution in [0.1, 0.15) is 16.2 Å². The maximum atomic E-state index is 12.9. The summed E-state index contributed by atoms with van der Waals surface area (Å²) in [4.78, 5) is 38.4. The van der Waals surface area contributed by atoms with Gasteiger partial charge in [0.1, 0.15) is 11.3 Å². The van der Waals surface area contributed by atoms with Crippen LogP contribution < -0.4 is 5.32 Å². The lowest BCUT2D eigenvalue weighted by molar-refractivity contribution is 0.0602. The largest absolute Gasteiger partial charge is 0.465 e. The number of hydrogen-bond acceptors (Lipinski definition) is 6. The highest BCUT2D eigenvalue weighted by molar-refractivity contribution is 6.31. The number of esters is 1. The van der Waals surface area contributed by atoms with Gasteiger partial charge in [-0.05, 0) is 42.5 Å². The number of anilines is 1. The predicted octanol–water partition coefficient (Wildman–Crippen LogP) is 4.21. The number of hydrogen-bond donors (Lipinski definition) is 1. The summed E-state index contributed by atoms with van der Waals surface area (Å²) in [5.41, 5.74) is 3.25. The molecule has 4 aromatic rings. The summed E-state index contributed by atoms with van der Waals surface area (Å²) in [5, 5.41) is 3.22. The maximum absolute atomic E-state index is 12.9. The lowest BCUT2D eigenvalue weighted by Gasteiger charge is -2.34. The van der Waals surface area contributed by atoms with Gasteiger partial charge in [0.15, 0.2) is 5.65 Å². The van der Waals surface area contributed by atoms with Crippen molar-refractivity contribution < 1.29 is 14.3 Å². The Bertz CT molecular complexity index is 1400. The number of benzene rings is 2. The number of carbonyl (C=O) groups excluding carboxylic acids is 2. The molecule has 0 spiro atoms. The highest BCUT2D eigenvalue weighted by Crippen LogP contribution is 2.24. The minimum absolute atomic E-state index is 0.252. The van der Waals surface area contributed by atoms with Crippen LogP contribution in [-0.2, 0) is 11.3 Å². The Hall–Kier alpha value is -3.95. The third-order valence-electron chi connectivity index (χ3n) is 6.15. The van der Waals surface area contributed by atoms with Crippen molar-refractivity contribution in [3.05, 3.63) is 83.3 Å². The van der Waals surface area contributed by atoms with E-state index in [2.05, 4.69) is 19.8 Å². The molecule has 1 fully saturated rings. The minimum Gasteiger partial charge on any atom is -0.465 e. The van der Waals surface area contributed by atoms with Crippen molar-refractivity contribution in [1.29, 1.82) is 0 Å². The molecule has 2 amide bonds. The molecule has 1 aliphatic heterocycles. The van der Waals surface area contributed by atoms with Crippen LogP contribution in [0.3, 0.4) is 0 Å². The molecule has 1 aliphatic rings. The smallest absolute Gasteiger partial charge is 0.339 e. The number of nitrogens with one attached hydrogen (secondary N) is 1. The molecule has 0 atom stereocenters. The molecule has 0 unspecified atom stereocenters. The van der Waals surface area contributed by atoms with Crippen molar-refractivity contribution in [2.45, 2.75) is 6.54 Å². The number of fused-ring (bicyclic) bond motifs is 1. The van der Waals surface area contributed by atoms with E-state index in [1.165, 1.54) is 13.2 Å². The summed E-state index contributed by atoms with van der Waals surface area (Å²) < 4.78 is 6.90. The molecule has 3 heterocycles. The Labute approximate surface area is 213 Å². The topological polar surface area (TPSA) is 92.6 Å². The van der Waals surface area contributed by atoms with Gasteiger partial charge in [-0.1, -0.05) is 29.8 Å². The monoisotopic (exact) mass is 504 g/mol. The van der Waals surface area contributed by atoms with E-state index < -0.39 is 5.97 Å². The van der Waals surface area contributed by atoms with E-state index in [1.807, 2.05) is 42.5 Å². The van der Waals surface area contributed by atoms with Gasteiger partial charge in [-0.3, -0.25) is 9.47 Å². The van der Waals surface area contributed by atoms with E-state index in [-0.39, 0.29) is 11.6 Å². The zero-order chi connectivity index (χ0) is 25.1. The van der Waals surface area contributed by atoms with Crippen LogP contribution in [0.15, 0.2) is 66.9 Å². The van der Waals surface area contributed by atoms with E-state index in [1.54, 1.807) is 23.2 Å². The molecule has 0 saturated carbocycles. The fourth-order valence-electron chi connectivity index (χ4n) is 4.32. The molecular weight excluding hydrogens is 480 g/mol. The number of carbonyl (C=O) groups is 2. The molecule has 2 aromatic carbocycles. The van der Waals surface area contributed by atoms with Gasteiger partial charge in [0.2, 0.25) is 0 Å². The number of rotatable bonds is 5. The molecule has 5 rings (SSSR count). The number of imidazole rings is 1. The van der Waals surface area contributed by atoms with E-state index in [9.17, 15) is 9.59 Å². The van der Waals surface area contributed by atoms with Crippen LogP contribution in [0.2, 0.25) is 5.02 Å². The second-order valence-corrected chi connectivity index (χ2v) is 8.86. The fraction of sp³-hybridized carbons (Fsp3) is 0.231. The second-order valence-electron chi connectivity index (χ2n) is 8.42. The lowest BCUT2D eigenvalue weighted by Crippen LogP contribution is -2.49. The number of piperazine rings is 1. The SMILES string of the molecule is COC(=O)c1ccc(Cl)cc1NC(=O)N1CCN(Cc2nc3cccnc3n2-c2ccccc2)CC1. The highest BCUT2D eigenvalue weighted by Gasteiger charge is 2.25. The first kappa shape index (κ1) is 23.8. The van der Waals surface area contributed by atoms with Crippen molar-refractivity contribution in [2.75, 3.05) is 38.6 Å². The fourth-order valence-corrected chi connectivity index (χ4v) is 4.50. The number of aromatic nitrogens is 3. The Morgan fingerprint density at radius 3 is 2.56 bits per heavy atom. The van der Waals surface area contributed by atoms with Crippen molar-refractivity contribution in [2.24, 2.45) is 0 Å². The van der Waals surface area contributed by atoms with Gasteiger partial charge in [-0.25, -0.2) is 19.6 Å². The van der Waals surface area contributed by atoms with Crippen LogP contribution in [0.5, 0.6) is 0 Å². The molecule has 10 heteroatoms. The van der Waals surface area contributed by atoms with Gasteiger partial charge in [0.05, 0.1) is 24.9 Å². The van der Waals surface area contributed by atoms with Gasteiger partial charge in [-0.2, -0.15) is 0 Å². The molecule has 1 saturated heterocycles. The van der Waals surface area contributed by atoms with E-state index in [4.69, 9.17) is 21.3 Å². The van der Waals surface area contributed by atoms with E-state index >= 15 is 0 Å². The first-order valence-corrected chi connectivity index (χ1v) is 11.9. The van der Waals surface area contributed by atoms with E-state index in [0.717, 1.165) is 22.7 Å². The van der Waals surface area contributed by atoms with Crippen LogP contribution in [0.4, 0.5) is 10.5 Å². The average Bonchev–Trinajstić information content (AvgIpc) is 3.27. The molecule has 0 radical (unpaired) electrons. The number of halogens is 1. The molecule has 0 aliphatic carbocycles. The summed E-state index contributed by atoms with van der Waals surface area (Å²) >= 11 is 6.08. The van der Waals surface area contributed by atoms with Crippen molar-refractivity contribution in [3.63, 3.8) is 0 Å². The maximum Gasteiger partial charge on any atom is 0.339 e. The summed E-state index contributed by atoms with van der Waals surface area (Å²) in [5.74, 6) is 0.358. The molecular formula is C26H25ClN6O3. The molecule has 36 heavy (non-hydrogen) atoms. The Morgan fingerprint density at radius 1 is 1.03 bits per heavy atom. The number of ether oxygens (including phenoxy) is 1. The standard InChI is InChI=1S/C26H25ClN6O3/c1-36-25(34)20-10-9-18(27)16-22(20)30-26(35)32-14-12-31(13-15-32)17-23-29-21-8-5-11-28-24(21)33(23)19-6-3-2-4-7-19/h2-11,16H,12-15,17H2,1H3,(H,30,35). The van der Waals surface area contributed by atoms with Gasteiger partial charge in [0.25, 0.3) is 0 Å². The molecule has 1 N–H and O–H groups in total. The number of amides is 2. The molecule has 0 bridgehead atoms. The van der Waals surface area contributed by atoms with Gasteiger partial charge in [0, 0.05) is 43.1 Å². The number of methoxy groups -OCH3 is 1. The summed E-state index contributed by atoms with van der Waals surface area (Å²) in [6, 6.07) is 18.3. The van der Waals surface area contributed by atoms with Crippen LogP contribution >= 0.6 is 11.6 Å². The Balaban J connectivity index is 1.28. The highest BCUT2D eigenvalue weighted by atomic mass is 35.5. The van der Waals surface area contributed by atoms with E-state index in [0.29, 0.717) is 43.4 Å². The Morgan fingerprint density at radius 2 is 1.81 bits per heavy atom. The predicted molar refractivity (Wildman–Crippen MR) is 138 cm³/mol. The van der Waals surface area contributed by atoms with Crippen LogP contribution in [0.25, 0.3) is 16.9 Å². The third kappa shape index (κ3) is 4.89. The molecule has 9 nitrogen and oxygen atoms in total. The van der Waals surface area contributed by atoms with Crippen LogP contribution in [-0.4, -0.2) is 69.6 Å². The summed E-state index contributed by atoms with van der Waals surface area (Å²) in [6.45, 7) is 3.05. The third-order valence-corrected chi connectivity index (χ3v) is 6.39. The van der Waals surface area contributed by atoms with Crippen molar-refractivity contribution >= 4 is 40.5 Å². The van der Waals surface area contributed by atoms with Crippen LogP contribution in [0, 0.1) is 0 Å². The summed E-state index contributed by atoms with van der Waals surface area (Å²) in [6.07, 6.45) is 1.77. The number of urea groups is 1. The molecule has 2 aromatic heterocycles. The number of pyridine rings is 1. The van der Waals surface area contributed by atoms with Gasteiger partial charge < -0.3 is 15.0 Å². The normalized spacial score (nSPS) is 14.1. The molecule has 184 valence electrons. The van der Waals surface area contributed by atoms with Crippen molar-refractivity contribution in [3.8, 4) is 5.69 Å². The number of para-hydroxylation sites is 1. The minimum atomic E-state index is -0.539. The average molecular weight is 505 g/mol. The zero-order valence-corrected chi connectivity index (χ0v) is 20.5. The van der Waals surface area contributed by atoms with Crippen molar-refractivity contribution in [1.82, 2.24) is 24.3 Å². The van der Waals surface area contributed by atoms with Gasteiger partial charge in [-0.15, -0.1) is 0 Å². The summed E-state index contributed by atoms with van der Waals surface area (Å²) in [7, 11) is 1.30. The lowest BCUT2D eigenvalue weighted by atomic mass is 10.2. The van der Waals surface area contributed by atoms with Gasteiger partial charge >= 0.3 is 12.0 Å².